The Bertz CT molecular complexity index is 862. The van der Waals surface area contributed by atoms with Crippen molar-refractivity contribution in [2.75, 3.05) is 26.7 Å². The summed E-state index contributed by atoms with van der Waals surface area (Å²) < 4.78 is 7.23. The van der Waals surface area contributed by atoms with Crippen LogP contribution in [-0.4, -0.2) is 62.3 Å². The summed E-state index contributed by atoms with van der Waals surface area (Å²) in [6.07, 6.45) is 10.1. The maximum absolute atomic E-state index is 12.7. The number of aromatic nitrogens is 4. The molecular weight excluding hydrogens is 356 g/mol. The Labute approximate surface area is 164 Å². The van der Waals surface area contributed by atoms with Crippen molar-refractivity contribution in [1.82, 2.24) is 29.7 Å². The van der Waals surface area contributed by atoms with Crippen molar-refractivity contribution in [3.63, 3.8) is 0 Å². The molecule has 1 unspecified atom stereocenters. The molecule has 150 valence electrons. The standard InChI is InChI=1S/C20H28N6O2/c1-24-13-20(10-16(24)17-22-18(28-23-17)14-4-3-5-14)6-8-26(9-7-20)19(27)15-11-21-25(2)12-15/h11-12,14,16H,3-10,13H2,1-2H3. The van der Waals surface area contributed by atoms with Crippen LogP contribution in [0.2, 0.25) is 0 Å². The fraction of sp³-hybridized carbons (Fsp3) is 0.700. The lowest BCUT2D eigenvalue weighted by Gasteiger charge is -2.39. The van der Waals surface area contributed by atoms with E-state index in [4.69, 9.17) is 9.51 Å². The van der Waals surface area contributed by atoms with Crippen LogP contribution < -0.4 is 0 Å². The van der Waals surface area contributed by atoms with Crippen molar-refractivity contribution in [2.24, 2.45) is 12.5 Å². The second kappa shape index (κ2) is 6.69. The van der Waals surface area contributed by atoms with E-state index in [-0.39, 0.29) is 17.4 Å². The summed E-state index contributed by atoms with van der Waals surface area (Å²) in [5.41, 5.74) is 0.915. The molecule has 1 spiro atoms. The zero-order valence-corrected chi connectivity index (χ0v) is 16.7. The number of hydrogen-bond acceptors (Lipinski definition) is 6. The molecule has 5 rings (SSSR count). The van der Waals surface area contributed by atoms with Gasteiger partial charge in [0.2, 0.25) is 5.89 Å². The number of carbonyl (C=O) groups is 1. The van der Waals surface area contributed by atoms with E-state index in [0.717, 1.165) is 50.6 Å². The molecule has 1 amide bonds. The first-order valence-electron chi connectivity index (χ1n) is 10.3. The highest BCUT2D eigenvalue weighted by Gasteiger charge is 2.47. The van der Waals surface area contributed by atoms with Crippen molar-refractivity contribution in [3.8, 4) is 0 Å². The largest absolute Gasteiger partial charge is 0.339 e. The second-order valence-corrected chi connectivity index (χ2v) is 8.95. The van der Waals surface area contributed by atoms with Crippen LogP contribution in [0, 0.1) is 5.41 Å². The van der Waals surface area contributed by atoms with Crippen molar-refractivity contribution < 1.29 is 9.32 Å². The van der Waals surface area contributed by atoms with E-state index in [1.54, 1.807) is 17.1 Å². The molecule has 3 aliphatic rings. The molecule has 1 saturated carbocycles. The van der Waals surface area contributed by atoms with Crippen LogP contribution >= 0.6 is 0 Å². The summed E-state index contributed by atoms with van der Waals surface area (Å²) >= 11 is 0. The van der Waals surface area contributed by atoms with Gasteiger partial charge in [0, 0.05) is 38.8 Å². The van der Waals surface area contributed by atoms with Crippen LogP contribution in [0.25, 0.3) is 0 Å². The predicted octanol–water partition coefficient (Wildman–Crippen LogP) is 2.37. The minimum atomic E-state index is 0.0918. The zero-order valence-electron chi connectivity index (χ0n) is 16.7. The Morgan fingerprint density at radius 3 is 2.68 bits per heavy atom. The summed E-state index contributed by atoms with van der Waals surface area (Å²) in [6.45, 7) is 2.63. The van der Waals surface area contributed by atoms with E-state index < -0.39 is 0 Å². The summed E-state index contributed by atoms with van der Waals surface area (Å²) in [5, 5.41) is 8.43. The number of amides is 1. The third-order valence-corrected chi connectivity index (χ3v) is 7.02. The van der Waals surface area contributed by atoms with Crippen LogP contribution in [0.3, 0.4) is 0 Å². The third-order valence-electron chi connectivity index (χ3n) is 7.02. The molecular formula is C20H28N6O2. The molecule has 0 N–H and O–H groups in total. The fourth-order valence-electron chi connectivity index (χ4n) is 5.02. The fourth-order valence-corrected chi connectivity index (χ4v) is 5.02. The van der Waals surface area contributed by atoms with E-state index in [0.29, 0.717) is 11.5 Å². The molecule has 1 atom stereocenters. The van der Waals surface area contributed by atoms with Crippen LogP contribution in [0.4, 0.5) is 0 Å². The Morgan fingerprint density at radius 2 is 2.04 bits per heavy atom. The van der Waals surface area contributed by atoms with Crippen molar-refractivity contribution in [1.29, 1.82) is 0 Å². The second-order valence-electron chi connectivity index (χ2n) is 8.95. The molecule has 8 nitrogen and oxygen atoms in total. The van der Waals surface area contributed by atoms with E-state index in [2.05, 4.69) is 22.2 Å². The van der Waals surface area contributed by atoms with Gasteiger partial charge in [-0.1, -0.05) is 11.6 Å². The molecule has 2 aromatic rings. The molecule has 3 fully saturated rings. The number of nitrogens with zero attached hydrogens (tertiary/aromatic N) is 6. The van der Waals surface area contributed by atoms with Gasteiger partial charge in [-0.3, -0.25) is 14.4 Å². The van der Waals surface area contributed by atoms with Gasteiger partial charge >= 0.3 is 0 Å². The van der Waals surface area contributed by atoms with Crippen molar-refractivity contribution >= 4 is 5.91 Å². The highest BCUT2D eigenvalue weighted by Crippen LogP contribution is 2.48. The Morgan fingerprint density at radius 1 is 1.25 bits per heavy atom. The summed E-state index contributed by atoms with van der Waals surface area (Å²) in [4.78, 5) is 21.8. The van der Waals surface area contributed by atoms with E-state index in [1.165, 1.54) is 19.3 Å². The molecule has 8 heteroatoms. The first-order valence-corrected chi connectivity index (χ1v) is 10.3. The van der Waals surface area contributed by atoms with Gasteiger partial charge < -0.3 is 9.42 Å². The molecule has 1 aliphatic carbocycles. The number of hydrogen-bond donors (Lipinski definition) is 0. The van der Waals surface area contributed by atoms with Gasteiger partial charge in [-0.05, 0) is 44.6 Å². The third kappa shape index (κ3) is 3.03. The molecule has 2 aliphatic heterocycles. The molecule has 0 aromatic carbocycles. The highest BCUT2D eigenvalue weighted by molar-refractivity contribution is 5.93. The van der Waals surface area contributed by atoms with Crippen LogP contribution in [-0.2, 0) is 7.05 Å². The average Bonchev–Trinajstić information content (AvgIpc) is 3.34. The van der Waals surface area contributed by atoms with Crippen molar-refractivity contribution in [3.05, 3.63) is 29.7 Å². The van der Waals surface area contributed by atoms with Gasteiger partial charge in [0.15, 0.2) is 5.82 Å². The maximum atomic E-state index is 12.7. The normalized spacial score (nSPS) is 25.4. The number of piperidine rings is 1. The Hall–Kier alpha value is -2.22. The number of rotatable bonds is 3. The zero-order chi connectivity index (χ0) is 19.3. The molecule has 0 bridgehead atoms. The quantitative estimate of drug-likeness (QED) is 0.808. The smallest absolute Gasteiger partial charge is 0.257 e. The molecule has 28 heavy (non-hydrogen) atoms. The van der Waals surface area contributed by atoms with Crippen LogP contribution in [0.1, 0.15) is 72.6 Å². The molecule has 0 radical (unpaired) electrons. The first kappa shape index (κ1) is 17.8. The van der Waals surface area contributed by atoms with Crippen molar-refractivity contribution in [2.45, 2.75) is 50.5 Å². The van der Waals surface area contributed by atoms with E-state index >= 15 is 0 Å². The van der Waals surface area contributed by atoms with E-state index in [1.807, 2.05) is 11.9 Å². The number of likely N-dealkylation sites (tertiary alicyclic amines) is 2. The van der Waals surface area contributed by atoms with Gasteiger partial charge in [-0.15, -0.1) is 0 Å². The minimum absolute atomic E-state index is 0.0918. The van der Waals surface area contributed by atoms with E-state index in [9.17, 15) is 4.79 Å². The minimum Gasteiger partial charge on any atom is -0.339 e. The van der Waals surface area contributed by atoms with Crippen LogP contribution in [0.15, 0.2) is 16.9 Å². The molecule has 2 aromatic heterocycles. The van der Waals surface area contributed by atoms with Crippen LogP contribution in [0.5, 0.6) is 0 Å². The summed E-state index contributed by atoms with van der Waals surface area (Å²) in [7, 11) is 4.00. The Balaban J connectivity index is 1.24. The first-order chi connectivity index (χ1) is 13.5. The topological polar surface area (TPSA) is 80.3 Å². The van der Waals surface area contributed by atoms with Gasteiger partial charge in [0.25, 0.3) is 5.91 Å². The van der Waals surface area contributed by atoms with Gasteiger partial charge in [-0.25, -0.2) is 0 Å². The summed E-state index contributed by atoms with van der Waals surface area (Å²) in [5.74, 6) is 2.24. The maximum Gasteiger partial charge on any atom is 0.257 e. The number of carbonyl (C=O) groups excluding carboxylic acids is 1. The lowest BCUT2D eigenvalue weighted by Crippen LogP contribution is -2.44. The number of aryl methyl sites for hydroxylation is 1. The summed E-state index contributed by atoms with van der Waals surface area (Å²) in [6, 6.07) is 0.221. The lowest BCUT2D eigenvalue weighted by molar-refractivity contribution is 0.0593. The lowest BCUT2D eigenvalue weighted by atomic mass is 9.76. The van der Waals surface area contributed by atoms with Gasteiger partial charge in [0.1, 0.15) is 0 Å². The Kier molecular flexibility index (Phi) is 4.26. The molecule has 2 saturated heterocycles. The average molecular weight is 384 g/mol. The highest BCUT2D eigenvalue weighted by atomic mass is 16.5. The van der Waals surface area contributed by atoms with Gasteiger partial charge in [0.05, 0.1) is 17.8 Å². The SMILES string of the molecule is CN1CC2(CCN(C(=O)c3cnn(C)c3)CC2)CC1c1noc(C2CCC2)n1. The predicted molar refractivity (Wildman–Crippen MR) is 102 cm³/mol. The molecule has 4 heterocycles. The van der Waals surface area contributed by atoms with Gasteiger partial charge in [-0.2, -0.15) is 10.1 Å². The monoisotopic (exact) mass is 384 g/mol.